The Bertz CT molecular complexity index is 1340. The Kier molecular flexibility index (Phi) is 3.84. The van der Waals surface area contributed by atoms with Crippen LogP contribution in [-0.2, 0) is 0 Å². The van der Waals surface area contributed by atoms with E-state index in [-0.39, 0.29) is 0 Å². The van der Waals surface area contributed by atoms with Crippen molar-refractivity contribution in [2.75, 3.05) is 18.0 Å². The van der Waals surface area contributed by atoms with E-state index >= 15 is 0 Å². The molecule has 31 heavy (non-hydrogen) atoms. The lowest BCUT2D eigenvalue weighted by atomic mass is 10.2. The highest BCUT2D eigenvalue weighted by molar-refractivity contribution is 7.99. The van der Waals surface area contributed by atoms with Gasteiger partial charge in [-0.3, -0.25) is 9.97 Å². The summed E-state index contributed by atoms with van der Waals surface area (Å²) in [6.07, 6.45) is 5.98. The maximum atomic E-state index is 6.84. The van der Waals surface area contributed by atoms with Gasteiger partial charge in [-0.1, -0.05) is 11.6 Å². The fraction of sp³-hybridized carbons (Fsp3) is 0.364. The highest BCUT2D eigenvalue weighted by atomic mass is 35.5. The van der Waals surface area contributed by atoms with Gasteiger partial charge < -0.3 is 15.6 Å². The van der Waals surface area contributed by atoms with E-state index in [1.807, 2.05) is 24.4 Å². The van der Waals surface area contributed by atoms with Crippen LogP contribution in [0.4, 0.5) is 5.82 Å². The van der Waals surface area contributed by atoms with E-state index in [2.05, 4.69) is 19.9 Å². The molecule has 9 heteroatoms. The molecule has 0 aromatic carbocycles. The SMILES string of the molecule is NC1C2CN(c3nc(Sc4cnc5cccnc5c4)nc4[nH]c(C5CC5)c(Cl)c34)CC12. The minimum Gasteiger partial charge on any atom is -0.355 e. The Labute approximate surface area is 187 Å². The van der Waals surface area contributed by atoms with Crippen molar-refractivity contribution in [3.63, 3.8) is 0 Å². The van der Waals surface area contributed by atoms with Crippen LogP contribution in [0.5, 0.6) is 0 Å². The van der Waals surface area contributed by atoms with Crippen molar-refractivity contribution < 1.29 is 0 Å². The summed E-state index contributed by atoms with van der Waals surface area (Å²) in [6.45, 7) is 1.87. The second-order valence-corrected chi connectivity index (χ2v) is 10.2. The second-order valence-electron chi connectivity index (χ2n) is 8.81. The molecule has 4 aromatic heterocycles. The van der Waals surface area contributed by atoms with Crippen molar-refractivity contribution in [3.05, 3.63) is 41.3 Å². The number of fused-ring (bicyclic) bond motifs is 3. The number of hydrogen-bond donors (Lipinski definition) is 2. The number of anilines is 1. The van der Waals surface area contributed by atoms with Gasteiger partial charge in [0.2, 0.25) is 0 Å². The zero-order chi connectivity index (χ0) is 20.7. The van der Waals surface area contributed by atoms with Gasteiger partial charge in [0, 0.05) is 48.0 Å². The summed E-state index contributed by atoms with van der Waals surface area (Å²) in [5.41, 5.74) is 9.83. The zero-order valence-corrected chi connectivity index (χ0v) is 18.2. The van der Waals surface area contributed by atoms with Gasteiger partial charge in [0.15, 0.2) is 5.16 Å². The summed E-state index contributed by atoms with van der Waals surface area (Å²) in [7, 11) is 0. The molecule has 2 atom stereocenters. The lowest BCUT2D eigenvalue weighted by Crippen LogP contribution is -2.29. The monoisotopic (exact) mass is 449 g/mol. The normalized spacial score (nSPS) is 24.8. The third-order valence-corrected chi connectivity index (χ3v) is 7.98. The van der Waals surface area contributed by atoms with Gasteiger partial charge in [-0.25, -0.2) is 9.97 Å². The third kappa shape index (κ3) is 2.92. The molecule has 7 nitrogen and oxygen atoms in total. The minimum absolute atomic E-state index is 0.335. The van der Waals surface area contributed by atoms with Gasteiger partial charge in [0.1, 0.15) is 11.5 Å². The number of nitrogens with zero attached hydrogens (tertiary/aromatic N) is 5. The summed E-state index contributed by atoms with van der Waals surface area (Å²) in [6, 6.07) is 6.22. The quantitative estimate of drug-likeness (QED) is 0.455. The number of aromatic amines is 1. The second kappa shape index (κ2) is 6.54. The van der Waals surface area contributed by atoms with Crippen LogP contribution in [0.1, 0.15) is 24.5 Å². The average molecular weight is 450 g/mol. The maximum Gasteiger partial charge on any atom is 0.196 e. The summed E-state index contributed by atoms with van der Waals surface area (Å²) < 4.78 is 0. The Morgan fingerprint density at radius 1 is 1.13 bits per heavy atom. The molecule has 156 valence electrons. The lowest BCUT2D eigenvalue weighted by molar-refractivity contribution is 0.732. The van der Waals surface area contributed by atoms with Crippen molar-refractivity contribution in [2.45, 2.75) is 34.9 Å². The number of nitrogens with one attached hydrogen (secondary N) is 1. The van der Waals surface area contributed by atoms with Gasteiger partial charge >= 0.3 is 0 Å². The summed E-state index contributed by atoms with van der Waals surface area (Å²) in [5, 5.41) is 2.41. The fourth-order valence-corrected chi connectivity index (χ4v) is 5.94. The molecule has 3 aliphatic rings. The van der Waals surface area contributed by atoms with Crippen molar-refractivity contribution in [3.8, 4) is 0 Å². The molecule has 3 N–H and O–H groups in total. The number of pyridine rings is 2. The van der Waals surface area contributed by atoms with E-state index in [1.165, 1.54) is 24.6 Å². The molecule has 0 bridgehead atoms. The summed E-state index contributed by atoms with van der Waals surface area (Å²) in [5.74, 6) is 2.57. The average Bonchev–Trinajstić information content (AvgIpc) is 3.63. The maximum absolute atomic E-state index is 6.84. The van der Waals surface area contributed by atoms with Crippen LogP contribution in [-0.4, -0.2) is 44.1 Å². The molecule has 2 saturated carbocycles. The molecule has 0 spiro atoms. The number of hydrogen-bond acceptors (Lipinski definition) is 7. The van der Waals surface area contributed by atoms with E-state index in [1.54, 1.807) is 6.20 Å². The largest absolute Gasteiger partial charge is 0.355 e. The Morgan fingerprint density at radius 2 is 1.97 bits per heavy atom. The predicted molar refractivity (Wildman–Crippen MR) is 122 cm³/mol. The van der Waals surface area contributed by atoms with Crippen LogP contribution in [0.2, 0.25) is 5.02 Å². The number of piperidine rings is 1. The zero-order valence-electron chi connectivity index (χ0n) is 16.6. The Hall–Kier alpha value is -2.42. The predicted octanol–water partition coefficient (Wildman–Crippen LogP) is 3.98. The number of rotatable bonds is 4. The Morgan fingerprint density at radius 3 is 2.77 bits per heavy atom. The van der Waals surface area contributed by atoms with E-state index in [9.17, 15) is 0 Å². The first-order chi connectivity index (χ1) is 15.2. The van der Waals surface area contributed by atoms with Crippen LogP contribution in [0, 0.1) is 11.8 Å². The molecule has 1 saturated heterocycles. The van der Waals surface area contributed by atoms with Crippen molar-refractivity contribution >= 4 is 51.2 Å². The molecule has 5 heterocycles. The molecular formula is C22H20ClN7S. The van der Waals surface area contributed by atoms with E-state index < -0.39 is 0 Å². The number of aromatic nitrogens is 5. The highest BCUT2D eigenvalue weighted by Crippen LogP contribution is 2.49. The molecule has 2 aliphatic carbocycles. The van der Waals surface area contributed by atoms with Crippen molar-refractivity contribution in [2.24, 2.45) is 17.6 Å². The summed E-state index contributed by atoms with van der Waals surface area (Å²) in [4.78, 5) is 25.5. The molecule has 1 aliphatic heterocycles. The molecule has 7 rings (SSSR count). The van der Waals surface area contributed by atoms with E-state index in [0.29, 0.717) is 29.0 Å². The molecule has 0 amide bonds. The first kappa shape index (κ1) is 18.2. The number of nitrogens with two attached hydrogens (primary N) is 1. The first-order valence-electron chi connectivity index (χ1n) is 10.6. The van der Waals surface area contributed by atoms with Gasteiger partial charge in [0.05, 0.1) is 21.4 Å². The fourth-order valence-electron chi connectivity index (χ4n) is 4.81. The van der Waals surface area contributed by atoms with E-state index in [0.717, 1.165) is 56.6 Å². The number of halogens is 1. The molecular weight excluding hydrogens is 430 g/mol. The molecule has 0 radical (unpaired) electrons. The third-order valence-electron chi connectivity index (χ3n) is 6.76. The van der Waals surface area contributed by atoms with E-state index in [4.69, 9.17) is 27.3 Å². The highest BCUT2D eigenvalue weighted by Gasteiger charge is 2.54. The summed E-state index contributed by atoms with van der Waals surface area (Å²) >= 11 is 8.34. The lowest BCUT2D eigenvalue weighted by Gasteiger charge is -2.21. The van der Waals surface area contributed by atoms with Crippen LogP contribution < -0.4 is 10.6 Å². The molecule has 4 aromatic rings. The van der Waals surface area contributed by atoms with Gasteiger partial charge in [-0.15, -0.1) is 0 Å². The van der Waals surface area contributed by atoms with Crippen LogP contribution in [0.3, 0.4) is 0 Å². The topological polar surface area (TPSA) is 96.6 Å². The van der Waals surface area contributed by atoms with Crippen LogP contribution in [0.25, 0.3) is 22.1 Å². The number of H-pyrrole nitrogens is 1. The van der Waals surface area contributed by atoms with Gasteiger partial charge in [-0.05, 0) is 54.6 Å². The first-order valence-corrected chi connectivity index (χ1v) is 11.8. The molecule has 2 unspecified atom stereocenters. The van der Waals surface area contributed by atoms with Gasteiger partial charge in [0.25, 0.3) is 0 Å². The van der Waals surface area contributed by atoms with Gasteiger partial charge in [-0.2, -0.15) is 0 Å². The molecule has 3 fully saturated rings. The van der Waals surface area contributed by atoms with Crippen molar-refractivity contribution in [1.82, 2.24) is 24.9 Å². The Balaban J connectivity index is 1.32. The standard InChI is InChI=1S/C22H20ClN7S/c23-17-16-20(27-19(17)10-3-4-10)28-22(29-21(16)30-8-12-13(9-30)18(12)24)31-11-6-15-14(26-7-11)2-1-5-25-15/h1-2,5-7,10,12-13,18H,3-4,8-9,24H2,(H,27,28,29). The van der Waals surface area contributed by atoms with Crippen LogP contribution in [0.15, 0.2) is 40.6 Å². The van der Waals surface area contributed by atoms with Crippen molar-refractivity contribution in [1.29, 1.82) is 0 Å². The van der Waals surface area contributed by atoms with Crippen LogP contribution >= 0.6 is 23.4 Å². The minimum atomic E-state index is 0.335. The smallest absolute Gasteiger partial charge is 0.196 e.